The summed E-state index contributed by atoms with van der Waals surface area (Å²) in [6, 6.07) is 9.91. The fourth-order valence-electron chi connectivity index (χ4n) is 1.62. The molecule has 0 heterocycles. The van der Waals surface area contributed by atoms with E-state index in [-0.39, 0.29) is 16.7 Å². The highest BCUT2D eigenvalue weighted by molar-refractivity contribution is 6.31. The molecule has 0 spiro atoms. The van der Waals surface area contributed by atoms with Gasteiger partial charge in [-0.1, -0.05) is 23.7 Å². The van der Waals surface area contributed by atoms with Gasteiger partial charge in [-0.25, -0.2) is 4.39 Å². The average molecular weight is 291 g/mol. The van der Waals surface area contributed by atoms with Crippen molar-refractivity contribution in [2.24, 2.45) is 0 Å². The third-order valence-electron chi connectivity index (χ3n) is 2.51. The zero-order valence-corrected chi connectivity index (χ0v) is 11.4. The third-order valence-corrected chi connectivity index (χ3v) is 2.74. The number of halogens is 2. The van der Waals surface area contributed by atoms with E-state index in [0.717, 1.165) is 0 Å². The molecular weight excluding hydrogens is 279 g/mol. The van der Waals surface area contributed by atoms with Crippen LogP contribution in [0.5, 0.6) is 0 Å². The lowest BCUT2D eigenvalue weighted by atomic mass is 9.98. The smallest absolute Gasteiger partial charge is 0.196 e. The molecular formula is C16H12ClFO2. The summed E-state index contributed by atoms with van der Waals surface area (Å²) < 4.78 is 13.5. The van der Waals surface area contributed by atoms with E-state index in [9.17, 15) is 14.0 Å². The summed E-state index contributed by atoms with van der Waals surface area (Å²) in [4.78, 5) is 23.0. The maximum Gasteiger partial charge on any atom is 0.196 e. The highest BCUT2D eigenvalue weighted by atomic mass is 35.5. The predicted molar refractivity (Wildman–Crippen MR) is 77.9 cm³/mol. The lowest BCUT2D eigenvalue weighted by Crippen LogP contribution is -2.07. The van der Waals surface area contributed by atoms with Gasteiger partial charge < -0.3 is 0 Å². The van der Waals surface area contributed by atoms with Gasteiger partial charge in [-0.2, -0.15) is 0 Å². The normalized spacial score (nSPS) is 9.30. The maximum atomic E-state index is 13.5. The van der Waals surface area contributed by atoms with Crippen molar-refractivity contribution in [1.82, 2.24) is 0 Å². The summed E-state index contributed by atoms with van der Waals surface area (Å²) >= 11 is 5.78. The van der Waals surface area contributed by atoms with Gasteiger partial charge >= 0.3 is 0 Å². The van der Waals surface area contributed by atoms with Gasteiger partial charge in [0.05, 0.1) is 5.56 Å². The second-order valence-electron chi connectivity index (χ2n) is 3.66. The first-order valence-electron chi connectivity index (χ1n) is 5.67. The van der Waals surface area contributed by atoms with E-state index in [1.165, 1.54) is 36.4 Å². The molecule has 0 radical (unpaired) electrons. The molecule has 20 heavy (non-hydrogen) atoms. The molecule has 0 aliphatic rings. The minimum atomic E-state index is -0.626. The highest BCUT2D eigenvalue weighted by Gasteiger charge is 2.17. The van der Waals surface area contributed by atoms with E-state index in [1.807, 2.05) is 0 Å². The van der Waals surface area contributed by atoms with Crippen molar-refractivity contribution in [3.8, 4) is 0 Å². The molecule has 0 aliphatic carbocycles. The molecule has 0 aliphatic heterocycles. The Hall–Kier alpha value is -2.26. The number of ketones is 1. The Morgan fingerprint density at radius 1 is 1.10 bits per heavy atom. The van der Waals surface area contributed by atoms with Crippen LogP contribution in [0, 0.1) is 5.82 Å². The summed E-state index contributed by atoms with van der Waals surface area (Å²) in [5.74, 6) is -1.18. The first kappa shape index (κ1) is 15.8. The summed E-state index contributed by atoms with van der Waals surface area (Å²) in [6.07, 6.45) is 0.546. The van der Waals surface area contributed by atoms with E-state index >= 15 is 0 Å². The second-order valence-corrected chi connectivity index (χ2v) is 4.09. The van der Waals surface area contributed by atoms with Crippen molar-refractivity contribution >= 4 is 23.7 Å². The lowest BCUT2D eigenvalue weighted by Gasteiger charge is -2.05. The first-order valence-corrected chi connectivity index (χ1v) is 6.05. The Bertz CT molecular complexity index is 638. The van der Waals surface area contributed by atoms with Crippen LogP contribution in [0.15, 0.2) is 55.6 Å². The van der Waals surface area contributed by atoms with E-state index < -0.39 is 11.6 Å². The van der Waals surface area contributed by atoms with Crippen LogP contribution < -0.4 is 0 Å². The maximum absolute atomic E-state index is 13.5. The predicted octanol–water partition coefficient (Wildman–Crippen LogP) is 4.32. The van der Waals surface area contributed by atoms with Crippen LogP contribution >= 0.6 is 11.6 Å². The number of rotatable bonds is 3. The van der Waals surface area contributed by atoms with Gasteiger partial charge in [-0.05, 0) is 30.3 Å². The zero-order chi connectivity index (χ0) is 15.1. The van der Waals surface area contributed by atoms with Crippen molar-refractivity contribution in [2.45, 2.75) is 0 Å². The van der Waals surface area contributed by atoms with Crippen LogP contribution in [-0.2, 0) is 0 Å². The van der Waals surface area contributed by atoms with Gasteiger partial charge in [0, 0.05) is 16.1 Å². The van der Waals surface area contributed by atoms with Gasteiger partial charge in [-0.15, -0.1) is 13.2 Å². The largest absolute Gasteiger partial charge is 0.298 e. The Balaban J connectivity index is 0.000000956. The first-order chi connectivity index (χ1) is 9.63. The van der Waals surface area contributed by atoms with Gasteiger partial charge in [0.1, 0.15) is 5.82 Å². The Labute approximate surface area is 121 Å². The number of hydrogen-bond acceptors (Lipinski definition) is 2. The van der Waals surface area contributed by atoms with Crippen LogP contribution in [0.1, 0.15) is 26.3 Å². The van der Waals surface area contributed by atoms with E-state index in [2.05, 4.69) is 13.2 Å². The van der Waals surface area contributed by atoms with E-state index in [4.69, 9.17) is 11.6 Å². The minimum absolute atomic E-state index is 0.0807. The Morgan fingerprint density at radius 2 is 1.75 bits per heavy atom. The third kappa shape index (κ3) is 3.39. The van der Waals surface area contributed by atoms with Crippen LogP contribution in [0.4, 0.5) is 4.39 Å². The molecule has 0 fully saturated rings. The summed E-state index contributed by atoms with van der Waals surface area (Å²) in [5.41, 5.74) is 0.207. The van der Waals surface area contributed by atoms with Gasteiger partial charge in [0.25, 0.3) is 0 Å². The molecule has 2 aromatic carbocycles. The lowest BCUT2D eigenvalue weighted by molar-refractivity contribution is 0.102. The van der Waals surface area contributed by atoms with Crippen molar-refractivity contribution in [3.05, 3.63) is 83.2 Å². The van der Waals surface area contributed by atoms with Crippen LogP contribution in [-0.4, -0.2) is 12.1 Å². The molecule has 0 bridgehead atoms. The van der Waals surface area contributed by atoms with Crippen molar-refractivity contribution in [1.29, 1.82) is 0 Å². The van der Waals surface area contributed by atoms with E-state index in [1.54, 1.807) is 6.07 Å². The molecule has 0 aromatic heterocycles. The molecule has 2 aromatic rings. The number of hydrogen-bond donors (Lipinski definition) is 0. The van der Waals surface area contributed by atoms with Gasteiger partial charge in [-0.3, -0.25) is 9.59 Å². The standard InChI is InChI=1S/C14H8ClFO2.C2H4/c15-10-6-5-9(8-17)12(7-10)14(18)11-3-1-2-4-13(11)16;1-2/h1-8H;1-2H2. The molecule has 0 atom stereocenters. The molecule has 0 saturated carbocycles. The monoisotopic (exact) mass is 290 g/mol. The molecule has 2 rings (SSSR count). The molecule has 4 heteroatoms. The number of aldehydes is 1. The Kier molecular flexibility index (Phi) is 5.81. The number of carbonyl (C=O) groups is 2. The second kappa shape index (κ2) is 7.36. The molecule has 102 valence electrons. The summed E-state index contributed by atoms with van der Waals surface area (Å²) in [7, 11) is 0. The SMILES string of the molecule is C=C.O=Cc1ccc(Cl)cc1C(=O)c1ccccc1F. The van der Waals surface area contributed by atoms with Crippen molar-refractivity contribution in [3.63, 3.8) is 0 Å². The summed E-state index contributed by atoms with van der Waals surface area (Å²) in [5, 5.41) is 0.320. The Morgan fingerprint density at radius 3 is 2.35 bits per heavy atom. The van der Waals surface area contributed by atoms with Crippen LogP contribution in [0.25, 0.3) is 0 Å². The molecule has 0 unspecified atom stereocenters. The number of carbonyl (C=O) groups excluding carboxylic acids is 2. The topological polar surface area (TPSA) is 34.1 Å². The fourth-order valence-corrected chi connectivity index (χ4v) is 1.79. The highest BCUT2D eigenvalue weighted by Crippen LogP contribution is 2.20. The minimum Gasteiger partial charge on any atom is -0.298 e. The molecule has 2 nitrogen and oxygen atoms in total. The summed E-state index contributed by atoms with van der Waals surface area (Å²) in [6.45, 7) is 6.00. The van der Waals surface area contributed by atoms with Crippen molar-refractivity contribution in [2.75, 3.05) is 0 Å². The van der Waals surface area contributed by atoms with Crippen LogP contribution in [0.2, 0.25) is 5.02 Å². The molecule has 0 amide bonds. The van der Waals surface area contributed by atoms with E-state index in [0.29, 0.717) is 11.3 Å². The average Bonchev–Trinajstić information content (AvgIpc) is 2.49. The zero-order valence-electron chi connectivity index (χ0n) is 10.6. The van der Waals surface area contributed by atoms with Crippen molar-refractivity contribution < 1.29 is 14.0 Å². The number of benzene rings is 2. The quantitative estimate of drug-likeness (QED) is 0.479. The van der Waals surface area contributed by atoms with Gasteiger partial charge in [0.15, 0.2) is 12.1 Å². The van der Waals surface area contributed by atoms with Crippen LogP contribution in [0.3, 0.4) is 0 Å². The fraction of sp³-hybridized carbons (Fsp3) is 0. The molecule has 0 saturated heterocycles. The van der Waals surface area contributed by atoms with Gasteiger partial charge in [0.2, 0.25) is 0 Å². The molecule has 0 N–H and O–H groups in total.